The van der Waals surface area contributed by atoms with Crippen LogP contribution in [0.15, 0.2) is 0 Å². The van der Waals surface area contributed by atoms with Crippen LogP contribution in [-0.4, -0.2) is 54.0 Å². The summed E-state index contributed by atoms with van der Waals surface area (Å²) in [6, 6.07) is 1.71. The Kier molecular flexibility index (Phi) is 4.01. The van der Waals surface area contributed by atoms with E-state index in [0.29, 0.717) is 12.5 Å². The minimum atomic E-state index is -0.0692. The van der Waals surface area contributed by atoms with Gasteiger partial charge in [0.15, 0.2) is 0 Å². The fourth-order valence-corrected chi connectivity index (χ4v) is 3.19. The molecule has 5 nitrogen and oxygen atoms in total. The van der Waals surface area contributed by atoms with Gasteiger partial charge in [0.25, 0.3) is 0 Å². The van der Waals surface area contributed by atoms with E-state index in [1.807, 2.05) is 0 Å². The minimum Gasteiger partial charge on any atom is -0.299 e. The minimum absolute atomic E-state index is 0.0692. The monoisotopic (exact) mass is 240 g/mol. The molecule has 98 valence electrons. The highest BCUT2D eigenvalue weighted by Gasteiger charge is 2.35. The summed E-state index contributed by atoms with van der Waals surface area (Å²) in [6.07, 6.45) is 4.36. The molecule has 3 N–H and O–H groups in total. The molecule has 2 aliphatic rings. The van der Waals surface area contributed by atoms with E-state index in [0.717, 1.165) is 19.1 Å². The Morgan fingerprint density at radius 3 is 2.82 bits per heavy atom. The third kappa shape index (κ3) is 2.78. The van der Waals surface area contributed by atoms with Gasteiger partial charge in [-0.15, -0.1) is 0 Å². The quantitative estimate of drug-likeness (QED) is 0.412. The van der Waals surface area contributed by atoms with E-state index in [9.17, 15) is 4.79 Å². The van der Waals surface area contributed by atoms with Crippen molar-refractivity contribution in [2.75, 3.05) is 20.1 Å². The van der Waals surface area contributed by atoms with Crippen LogP contribution in [0.1, 0.15) is 32.6 Å². The summed E-state index contributed by atoms with van der Waals surface area (Å²) in [6.45, 7) is 4.31. The van der Waals surface area contributed by atoms with E-state index in [4.69, 9.17) is 5.84 Å². The average Bonchev–Trinajstić information content (AvgIpc) is 2.52. The second-order valence-corrected chi connectivity index (χ2v) is 5.45. The lowest BCUT2D eigenvalue weighted by atomic mass is 10.1. The molecular formula is C12H24N4O. The van der Waals surface area contributed by atoms with E-state index in [1.54, 1.807) is 0 Å². The average molecular weight is 240 g/mol. The van der Waals surface area contributed by atoms with Crippen LogP contribution in [0.25, 0.3) is 0 Å². The summed E-state index contributed by atoms with van der Waals surface area (Å²) in [7, 11) is 2.24. The van der Waals surface area contributed by atoms with Crippen molar-refractivity contribution in [3.8, 4) is 0 Å². The van der Waals surface area contributed by atoms with Crippen molar-refractivity contribution in [3.05, 3.63) is 0 Å². The molecule has 5 heteroatoms. The molecule has 3 atom stereocenters. The summed E-state index contributed by atoms with van der Waals surface area (Å²) in [5, 5.41) is 0. The molecule has 0 aromatic rings. The predicted molar refractivity (Wildman–Crippen MR) is 67.2 cm³/mol. The predicted octanol–water partition coefficient (Wildman–Crippen LogP) is -0.0766. The lowest BCUT2D eigenvalue weighted by molar-refractivity contribution is -0.122. The molecule has 2 fully saturated rings. The van der Waals surface area contributed by atoms with Gasteiger partial charge in [0.1, 0.15) is 0 Å². The summed E-state index contributed by atoms with van der Waals surface area (Å²) in [5.41, 5.74) is 2.22. The molecule has 0 aromatic carbocycles. The Balaban J connectivity index is 1.92. The number of amides is 1. The van der Waals surface area contributed by atoms with Crippen LogP contribution in [0.2, 0.25) is 0 Å². The highest BCUT2D eigenvalue weighted by Crippen LogP contribution is 2.29. The molecule has 0 saturated carbocycles. The first-order chi connectivity index (χ1) is 8.11. The molecule has 0 aromatic heterocycles. The number of rotatable bonds is 3. The SMILES string of the molecule is CC(CC(=O)NN)N1CCC2CCC(C1)N2C. The van der Waals surface area contributed by atoms with Gasteiger partial charge >= 0.3 is 0 Å². The van der Waals surface area contributed by atoms with Crippen molar-refractivity contribution in [1.82, 2.24) is 15.2 Å². The Morgan fingerprint density at radius 1 is 1.41 bits per heavy atom. The molecule has 2 aliphatic heterocycles. The number of carbonyl (C=O) groups excluding carboxylic acids is 1. The Labute approximate surface area is 103 Å². The van der Waals surface area contributed by atoms with Crippen LogP contribution < -0.4 is 11.3 Å². The van der Waals surface area contributed by atoms with Crippen molar-refractivity contribution < 1.29 is 4.79 Å². The smallest absolute Gasteiger partial charge is 0.235 e. The van der Waals surface area contributed by atoms with E-state index in [1.165, 1.54) is 19.3 Å². The van der Waals surface area contributed by atoms with Gasteiger partial charge in [0, 0.05) is 31.1 Å². The standard InChI is InChI=1S/C12H24N4O/c1-9(7-12(17)14-13)16-6-5-10-3-4-11(8-16)15(10)2/h9-11H,3-8,13H2,1-2H3,(H,14,17). The van der Waals surface area contributed by atoms with Gasteiger partial charge in [-0.1, -0.05) is 0 Å². The third-order valence-electron chi connectivity index (χ3n) is 4.44. The van der Waals surface area contributed by atoms with Crippen molar-refractivity contribution in [1.29, 1.82) is 0 Å². The van der Waals surface area contributed by atoms with Gasteiger partial charge in [0.05, 0.1) is 0 Å². The Hall–Kier alpha value is -0.650. The highest BCUT2D eigenvalue weighted by atomic mass is 16.2. The van der Waals surface area contributed by atoms with Crippen LogP contribution in [0, 0.1) is 0 Å². The molecule has 1 amide bonds. The maximum atomic E-state index is 11.3. The molecule has 3 unspecified atom stereocenters. The molecule has 0 aliphatic carbocycles. The Bertz CT molecular complexity index is 284. The number of nitrogens with zero attached hydrogens (tertiary/aromatic N) is 2. The van der Waals surface area contributed by atoms with Crippen molar-refractivity contribution in [2.24, 2.45) is 5.84 Å². The molecule has 0 spiro atoms. The topological polar surface area (TPSA) is 61.6 Å². The summed E-state index contributed by atoms with van der Waals surface area (Å²) in [4.78, 5) is 16.3. The van der Waals surface area contributed by atoms with Gasteiger partial charge in [-0.3, -0.25) is 20.0 Å². The molecule has 0 radical (unpaired) electrons. The lowest BCUT2D eigenvalue weighted by Crippen LogP contribution is -2.43. The normalized spacial score (nSPS) is 32.2. The van der Waals surface area contributed by atoms with Gasteiger partial charge in [-0.05, 0) is 39.8 Å². The van der Waals surface area contributed by atoms with Crippen LogP contribution >= 0.6 is 0 Å². The Morgan fingerprint density at radius 2 is 2.12 bits per heavy atom. The number of hydrogen-bond acceptors (Lipinski definition) is 4. The van der Waals surface area contributed by atoms with Gasteiger partial charge < -0.3 is 0 Å². The number of likely N-dealkylation sites (tertiary alicyclic amines) is 1. The molecule has 2 rings (SSSR count). The number of nitrogens with two attached hydrogens (primary N) is 1. The van der Waals surface area contributed by atoms with Crippen LogP contribution in [0.4, 0.5) is 0 Å². The number of carbonyl (C=O) groups is 1. The first-order valence-corrected chi connectivity index (χ1v) is 6.57. The van der Waals surface area contributed by atoms with Crippen molar-refractivity contribution >= 4 is 5.91 Å². The van der Waals surface area contributed by atoms with Crippen LogP contribution in [0.3, 0.4) is 0 Å². The maximum absolute atomic E-state index is 11.3. The number of hydrazine groups is 1. The maximum Gasteiger partial charge on any atom is 0.235 e. The fourth-order valence-electron chi connectivity index (χ4n) is 3.19. The van der Waals surface area contributed by atoms with E-state index in [-0.39, 0.29) is 11.9 Å². The summed E-state index contributed by atoms with van der Waals surface area (Å²) in [5.74, 6) is 5.07. The number of hydrogen-bond donors (Lipinski definition) is 2. The number of fused-ring (bicyclic) bond motifs is 2. The molecular weight excluding hydrogens is 216 g/mol. The summed E-state index contributed by atoms with van der Waals surface area (Å²) < 4.78 is 0. The molecule has 2 heterocycles. The van der Waals surface area contributed by atoms with Gasteiger partial charge in [-0.2, -0.15) is 0 Å². The zero-order chi connectivity index (χ0) is 12.4. The second-order valence-electron chi connectivity index (χ2n) is 5.45. The van der Waals surface area contributed by atoms with Crippen LogP contribution in [-0.2, 0) is 4.79 Å². The summed E-state index contributed by atoms with van der Waals surface area (Å²) >= 11 is 0. The number of nitrogens with one attached hydrogen (secondary N) is 1. The zero-order valence-electron chi connectivity index (χ0n) is 10.9. The van der Waals surface area contributed by atoms with Crippen molar-refractivity contribution in [2.45, 2.75) is 50.7 Å². The molecule has 17 heavy (non-hydrogen) atoms. The first-order valence-electron chi connectivity index (χ1n) is 6.57. The second kappa shape index (κ2) is 5.33. The first kappa shape index (κ1) is 12.8. The largest absolute Gasteiger partial charge is 0.299 e. The van der Waals surface area contributed by atoms with Crippen molar-refractivity contribution in [3.63, 3.8) is 0 Å². The highest BCUT2D eigenvalue weighted by molar-refractivity contribution is 5.75. The van der Waals surface area contributed by atoms with Gasteiger partial charge in [0.2, 0.25) is 5.91 Å². The number of likely N-dealkylation sites (N-methyl/N-ethyl adjacent to an activating group) is 1. The van der Waals surface area contributed by atoms with Crippen LogP contribution in [0.5, 0.6) is 0 Å². The molecule has 2 bridgehead atoms. The molecule has 2 saturated heterocycles. The van der Waals surface area contributed by atoms with E-state index < -0.39 is 0 Å². The lowest BCUT2D eigenvalue weighted by Gasteiger charge is -2.30. The van der Waals surface area contributed by atoms with Gasteiger partial charge in [-0.25, -0.2) is 5.84 Å². The van der Waals surface area contributed by atoms with E-state index >= 15 is 0 Å². The van der Waals surface area contributed by atoms with E-state index in [2.05, 4.69) is 29.2 Å². The zero-order valence-corrected chi connectivity index (χ0v) is 10.9. The fraction of sp³-hybridized carbons (Fsp3) is 0.917. The third-order valence-corrected chi connectivity index (χ3v) is 4.44.